The Labute approximate surface area is 119 Å². The monoisotopic (exact) mass is 273 g/mol. The van der Waals surface area contributed by atoms with Gasteiger partial charge in [0, 0.05) is 0 Å². The molecule has 0 radical (unpaired) electrons. The molecule has 0 saturated heterocycles. The fourth-order valence-electron chi connectivity index (χ4n) is 2.46. The van der Waals surface area contributed by atoms with Crippen LogP contribution in [0.5, 0.6) is 0 Å². The van der Waals surface area contributed by atoms with Gasteiger partial charge in [0.1, 0.15) is 5.82 Å². The molecular weight excluding hydrogens is 253 g/mol. The summed E-state index contributed by atoms with van der Waals surface area (Å²) in [5.74, 6) is -0.220. The standard InChI is InChI=1S/C16H20FN3/c1-5-15-14(8-11(3)19-20-15)16(18-4)13-9-12(17)7-6-10(13)2/h6-9,16,18H,5H2,1-4H3. The Balaban J connectivity index is 2.57. The molecule has 1 aromatic carbocycles. The van der Waals surface area contributed by atoms with Gasteiger partial charge in [-0.15, -0.1) is 0 Å². The zero-order valence-electron chi connectivity index (χ0n) is 12.4. The number of nitrogens with zero attached hydrogens (tertiary/aromatic N) is 2. The van der Waals surface area contributed by atoms with Crippen LogP contribution in [0.2, 0.25) is 0 Å². The highest BCUT2D eigenvalue weighted by atomic mass is 19.1. The maximum atomic E-state index is 13.6. The molecule has 2 aromatic rings. The molecule has 1 atom stereocenters. The first-order valence-electron chi connectivity index (χ1n) is 6.83. The van der Waals surface area contributed by atoms with E-state index in [1.807, 2.05) is 40.0 Å². The summed E-state index contributed by atoms with van der Waals surface area (Å²) < 4.78 is 13.6. The average Bonchev–Trinajstić information content (AvgIpc) is 2.44. The molecule has 2 rings (SSSR count). The molecular formula is C16H20FN3. The van der Waals surface area contributed by atoms with E-state index in [4.69, 9.17) is 0 Å². The summed E-state index contributed by atoms with van der Waals surface area (Å²) in [6.07, 6.45) is 0.801. The van der Waals surface area contributed by atoms with Crippen LogP contribution >= 0.6 is 0 Å². The second-order valence-electron chi connectivity index (χ2n) is 4.96. The van der Waals surface area contributed by atoms with Crippen molar-refractivity contribution in [3.05, 3.63) is 58.2 Å². The molecule has 3 nitrogen and oxygen atoms in total. The van der Waals surface area contributed by atoms with E-state index in [0.717, 1.165) is 34.5 Å². The highest BCUT2D eigenvalue weighted by molar-refractivity contribution is 5.39. The lowest BCUT2D eigenvalue weighted by molar-refractivity contribution is 0.612. The molecule has 1 unspecified atom stereocenters. The summed E-state index contributed by atoms with van der Waals surface area (Å²) in [6, 6.07) is 6.84. The summed E-state index contributed by atoms with van der Waals surface area (Å²) in [6.45, 7) is 5.96. The predicted octanol–water partition coefficient (Wildman–Crippen LogP) is 3.10. The van der Waals surface area contributed by atoms with Crippen molar-refractivity contribution in [2.24, 2.45) is 0 Å². The zero-order valence-corrected chi connectivity index (χ0v) is 12.4. The number of nitrogens with one attached hydrogen (secondary N) is 1. The van der Waals surface area contributed by atoms with Crippen molar-refractivity contribution in [1.82, 2.24) is 15.5 Å². The maximum absolute atomic E-state index is 13.6. The smallest absolute Gasteiger partial charge is 0.123 e. The van der Waals surface area contributed by atoms with Crippen LogP contribution in [0.25, 0.3) is 0 Å². The first-order valence-corrected chi connectivity index (χ1v) is 6.83. The van der Waals surface area contributed by atoms with Crippen LogP contribution in [-0.4, -0.2) is 17.2 Å². The van der Waals surface area contributed by atoms with Gasteiger partial charge in [-0.25, -0.2) is 4.39 Å². The molecule has 106 valence electrons. The van der Waals surface area contributed by atoms with Crippen LogP contribution in [0.4, 0.5) is 4.39 Å². The molecule has 4 heteroatoms. The zero-order chi connectivity index (χ0) is 14.7. The van der Waals surface area contributed by atoms with E-state index in [1.165, 1.54) is 6.07 Å². The van der Waals surface area contributed by atoms with Gasteiger partial charge in [-0.3, -0.25) is 0 Å². The van der Waals surface area contributed by atoms with Crippen molar-refractivity contribution in [2.75, 3.05) is 7.05 Å². The first kappa shape index (κ1) is 14.6. The Morgan fingerprint density at radius 1 is 1.15 bits per heavy atom. The minimum atomic E-state index is -0.220. The molecule has 0 bridgehead atoms. The molecule has 0 aliphatic heterocycles. The summed E-state index contributed by atoms with van der Waals surface area (Å²) in [7, 11) is 1.88. The first-order chi connectivity index (χ1) is 9.56. The van der Waals surface area contributed by atoms with Gasteiger partial charge in [-0.1, -0.05) is 13.0 Å². The molecule has 0 aliphatic carbocycles. The molecule has 1 heterocycles. The minimum Gasteiger partial charge on any atom is -0.309 e. The predicted molar refractivity (Wildman–Crippen MR) is 78.2 cm³/mol. The summed E-state index contributed by atoms with van der Waals surface area (Å²) in [5.41, 5.74) is 4.87. The number of hydrogen-bond acceptors (Lipinski definition) is 3. The van der Waals surface area contributed by atoms with Crippen molar-refractivity contribution >= 4 is 0 Å². The van der Waals surface area contributed by atoms with Crippen molar-refractivity contribution < 1.29 is 4.39 Å². The number of aromatic nitrogens is 2. The van der Waals surface area contributed by atoms with Gasteiger partial charge in [0.05, 0.1) is 17.4 Å². The minimum absolute atomic E-state index is 0.0742. The average molecular weight is 273 g/mol. The van der Waals surface area contributed by atoms with Gasteiger partial charge in [0.15, 0.2) is 0 Å². The van der Waals surface area contributed by atoms with Crippen molar-refractivity contribution in [1.29, 1.82) is 0 Å². The van der Waals surface area contributed by atoms with Gasteiger partial charge in [0.2, 0.25) is 0 Å². The number of benzene rings is 1. The summed E-state index contributed by atoms with van der Waals surface area (Å²) in [5, 5.41) is 11.6. The van der Waals surface area contributed by atoms with Crippen LogP contribution in [0.15, 0.2) is 24.3 Å². The second-order valence-corrected chi connectivity index (χ2v) is 4.96. The van der Waals surface area contributed by atoms with Crippen LogP contribution < -0.4 is 5.32 Å². The van der Waals surface area contributed by atoms with Crippen LogP contribution in [0.3, 0.4) is 0 Å². The third-order valence-electron chi connectivity index (χ3n) is 3.51. The Kier molecular flexibility index (Phi) is 4.45. The summed E-state index contributed by atoms with van der Waals surface area (Å²) in [4.78, 5) is 0. The molecule has 0 saturated carbocycles. The fourth-order valence-corrected chi connectivity index (χ4v) is 2.46. The molecule has 0 amide bonds. The highest BCUT2D eigenvalue weighted by Crippen LogP contribution is 2.27. The van der Waals surface area contributed by atoms with E-state index in [2.05, 4.69) is 15.5 Å². The lowest BCUT2D eigenvalue weighted by atomic mass is 9.93. The van der Waals surface area contributed by atoms with E-state index in [-0.39, 0.29) is 11.9 Å². The van der Waals surface area contributed by atoms with Gasteiger partial charge in [-0.05, 0) is 62.2 Å². The fraction of sp³-hybridized carbons (Fsp3) is 0.375. The SMILES string of the molecule is CCc1nnc(C)cc1C(NC)c1cc(F)ccc1C. The van der Waals surface area contributed by atoms with E-state index >= 15 is 0 Å². The molecule has 0 fully saturated rings. The third-order valence-corrected chi connectivity index (χ3v) is 3.51. The second kappa shape index (κ2) is 6.09. The molecule has 1 aromatic heterocycles. The number of aryl methyl sites for hydroxylation is 3. The van der Waals surface area contributed by atoms with Gasteiger partial charge < -0.3 is 5.32 Å². The normalized spacial score (nSPS) is 12.4. The van der Waals surface area contributed by atoms with Gasteiger partial charge in [0.25, 0.3) is 0 Å². The van der Waals surface area contributed by atoms with E-state index in [1.54, 1.807) is 6.07 Å². The van der Waals surface area contributed by atoms with Crippen LogP contribution in [0.1, 0.15) is 41.0 Å². The molecule has 20 heavy (non-hydrogen) atoms. The van der Waals surface area contributed by atoms with Crippen molar-refractivity contribution in [2.45, 2.75) is 33.2 Å². The highest BCUT2D eigenvalue weighted by Gasteiger charge is 2.19. The molecule has 1 N–H and O–H groups in total. The Hall–Kier alpha value is -1.81. The van der Waals surface area contributed by atoms with Crippen molar-refractivity contribution in [3.63, 3.8) is 0 Å². The Morgan fingerprint density at radius 3 is 2.55 bits per heavy atom. The number of rotatable bonds is 4. The quantitative estimate of drug-likeness (QED) is 0.930. The van der Waals surface area contributed by atoms with Crippen LogP contribution in [0, 0.1) is 19.7 Å². The number of hydrogen-bond donors (Lipinski definition) is 1. The molecule has 0 spiro atoms. The number of halogens is 1. The van der Waals surface area contributed by atoms with E-state index in [0.29, 0.717) is 0 Å². The Morgan fingerprint density at radius 2 is 1.90 bits per heavy atom. The topological polar surface area (TPSA) is 37.8 Å². The van der Waals surface area contributed by atoms with Gasteiger partial charge in [-0.2, -0.15) is 10.2 Å². The lowest BCUT2D eigenvalue weighted by Crippen LogP contribution is -2.21. The summed E-state index contributed by atoms with van der Waals surface area (Å²) >= 11 is 0. The van der Waals surface area contributed by atoms with Crippen molar-refractivity contribution in [3.8, 4) is 0 Å². The third kappa shape index (κ3) is 2.85. The molecule has 0 aliphatic rings. The van der Waals surface area contributed by atoms with E-state index < -0.39 is 0 Å². The van der Waals surface area contributed by atoms with E-state index in [9.17, 15) is 4.39 Å². The Bertz CT molecular complexity index is 611. The lowest BCUT2D eigenvalue weighted by Gasteiger charge is -2.21. The largest absolute Gasteiger partial charge is 0.309 e. The van der Waals surface area contributed by atoms with Gasteiger partial charge >= 0.3 is 0 Å². The maximum Gasteiger partial charge on any atom is 0.123 e. The van der Waals surface area contributed by atoms with Crippen LogP contribution in [-0.2, 0) is 6.42 Å².